The first kappa shape index (κ1) is 20.4. The van der Waals surface area contributed by atoms with Gasteiger partial charge in [-0.15, -0.1) is 0 Å². The van der Waals surface area contributed by atoms with Crippen molar-refractivity contribution in [1.82, 2.24) is 0 Å². The lowest BCUT2D eigenvalue weighted by atomic mass is 9.69. The van der Waals surface area contributed by atoms with E-state index in [0.717, 1.165) is 6.42 Å². The van der Waals surface area contributed by atoms with Crippen molar-refractivity contribution in [3.05, 3.63) is 65.2 Å². The second kappa shape index (κ2) is 7.76. The van der Waals surface area contributed by atoms with E-state index in [0.29, 0.717) is 24.2 Å². The third-order valence-corrected chi connectivity index (χ3v) is 6.56. The maximum Gasteiger partial charge on any atom is 0.335 e. The molecule has 0 unspecified atom stereocenters. The van der Waals surface area contributed by atoms with Crippen LogP contribution in [0.15, 0.2) is 48.5 Å². The van der Waals surface area contributed by atoms with Gasteiger partial charge >= 0.3 is 11.9 Å². The predicted octanol–water partition coefficient (Wildman–Crippen LogP) is 4.34. The first-order valence-corrected chi connectivity index (χ1v) is 10.3. The molecule has 2 N–H and O–H groups in total. The number of aromatic carboxylic acids is 1. The highest BCUT2D eigenvalue weighted by Crippen LogP contribution is 2.53. The second-order valence-electron chi connectivity index (χ2n) is 8.51. The van der Waals surface area contributed by atoms with Crippen LogP contribution in [0.4, 0.5) is 0 Å². The number of hydrogen-bond acceptors (Lipinski definition) is 4. The Morgan fingerprint density at radius 2 is 1.87 bits per heavy atom. The molecule has 0 aromatic heterocycles. The molecule has 0 radical (unpaired) electrons. The van der Waals surface area contributed by atoms with E-state index in [1.54, 1.807) is 19.1 Å². The average molecular weight is 410 g/mol. The Hall–Kier alpha value is -2.86. The molecule has 1 fully saturated rings. The summed E-state index contributed by atoms with van der Waals surface area (Å²) >= 11 is 0. The molecule has 0 saturated carbocycles. The fraction of sp³-hybridized carbons (Fsp3) is 0.417. The molecule has 2 aliphatic heterocycles. The number of benzene rings is 2. The average Bonchev–Trinajstić information content (AvgIpc) is 2.72. The number of fused-ring (bicyclic) bond motifs is 3. The van der Waals surface area contributed by atoms with Crippen LogP contribution in [0.25, 0.3) is 0 Å². The minimum absolute atomic E-state index is 0.167. The molecule has 0 amide bonds. The minimum atomic E-state index is -1.01. The molecule has 0 aliphatic carbocycles. The highest BCUT2D eigenvalue weighted by Gasteiger charge is 2.53. The Balaban J connectivity index is 1.71. The van der Waals surface area contributed by atoms with Gasteiger partial charge in [-0.1, -0.05) is 30.3 Å². The minimum Gasteiger partial charge on any atom is -0.487 e. The Bertz CT molecular complexity index is 955. The molecule has 2 aromatic rings. The summed E-state index contributed by atoms with van der Waals surface area (Å²) in [7, 11) is 0. The van der Waals surface area contributed by atoms with Crippen LogP contribution in [-0.2, 0) is 16.0 Å². The molecule has 2 heterocycles. The zero-order valence-corrected chi connectivity index (χ0v) is 17.1. The highest BCUT2D eigenvalue weighted by atomic mass is 16.5. The number of ether oxygens (including phenoxy) is 2. The summed E-state index contributed by atoms with van der Waals surface area (Å²) in [5, 5.41) is 19.1. The van der Waals surface area contributed by atoms with Crippen molar-refractivity contribution in [2.24, 2.45) is 11.8 Å². The number of carboxylic acids is 2. The molecule has 5 atom stereocenters. The molecule has 0 spiro atoms. The zero-order valence-electron chi connectivity index (χ0n) is 17.1. The lowest BCUT2D eigenvalue weighted by molar-refractivity contribution is -0.187. The van der Waals surface area contributed by atoms with Crippen LogP contribution in [0, 0.1) is 11.8 Å². The largest absolute Gasteiger partial charge is 0.487 e. The van der Waals surface area contributed by atoms with E-state index in [2.05, 4.69) is 12.1 Å². The van der Waals surface area contributed by atoms with Crippen LogP contribution < -0.4 is 4.74 Å². The first-order valence-electron chi connectivity index (χ1n) is 10.3. The summed E-state index contributed by atoms with van der Waals surface area (Å²) in [4.78, 5) is 23.3. The second-order valence-corrected chi connectivity index (χ2v) is 8.51. The van der Waals surface area contributed by atoms with E-state index in [1.165, 1.54) is 11.6 Å². The van der Waals surface area contributed by atoms with Crippen LogP contribution in [0.5, 0.6) is 5.75 Å². The Morgan fingerprint density at radius 3 is 2.53 bits per heavy atom. The van der Waals surface area contributed by atoms with Crippen LogP contribution in [0.3, 0.4) is 0 Å². The number of rotatable bonds is 5. The Kier molecular flexibility index (Phi) is 5.28. The summed E-state index contributed by atoms with van der Waals surface area (Å²) < 4.78 is 12.7. The molecular weight excluding hydrogens is 384 g/mol. The van der Waals surface area contributed by atoms with Gasteiger partial charge in [0.2, 0.25) is 0 Å². The molecule has 30 heavy (non-hydrogen) atoms. The van der Waals surface area contributed by atoms with E-state index in [4.69, 9.17) is 9.47 Å². The summed E-state index contributed by atoms with van der Waals surface area (Å²) in [6.45, 7) is 3.78. The molecular formula is C24H26O6. The van der Waals surface area contributed by atoms with Gasteiger partial charge in [0.15, 0.2) is 0 Å². The van der Waals surface area contributed by atoms with Crippen LogP contribution in [0.2, 0.25) is 0 Å². The van der Waals surface area contributed by atoms with E-state index in [-0.39, 0.29) is 11.5 Å². The maximum absolute atomic E-state index is 11.8. The van der Waals surface area contributed by atoms with Crippen LogP contribution in [0.1, 0.15) is 54.3 Å². The molecule has 158 valence electrons. The van der Waals surface area contributed by atoms with Gasteiger partial charge in [-0.2, -0.15) is 0 Å². The molecule has 6 heteroatoms. The van der Waals surface area contributed by atoms with Crippen LogP contribution >= 0.6 is 0 Å². The molecule has 0 bridgehead atoms. The predicted molar refractivity (Wildman–Crippen MR) is 110 cm³/mol. The fourth-order valence-electron chi connectivity index (χ4n) is 4.77. The summed E-state index contributed by atoms with van der Waals surface area (Å²) in [5.74, 6) is -2.11. The number of carboxylic acid groups (broad SMARTS) is 2. The van der Waals surface area contributed by atoms with Crippen LogP contribution in [-0.4, -0.2) is 33.9 Å². The summed E-state index contributed by atoms with van der Waals surface area (Å²) in [6, 6.07) is 14.9. The van der Waals surface area contributed by atoms with Crippen molar-refractivity contribution >= 4 is 11.9 Å². The standard InChI is InChI=1S/C24H26O6/c1-14-17(23(27)28)13-19-21(29-14)18-12-16(22(25)26)8-9-20(18)30-24(19,2)11-10-15-6-4-3-5-7-15/h3-9,12,14,17,19,21H,10-11,13H2,1-2H3,(H,25,26)(H,27,28)/t14-,17-,19-,21+,24+/m0/s1. The van der Waals surface area contributed by atoms with Crippen molar-refractivity contribution in [1.29, 1.82) is 0 Å². The molecule has 1 saturated heterocycles. The van der Waals surface area contributed by atoms with Gasteiger partial charge in [0, 0.05) is 11.5 Å². The lowest BCUT2D eigenvalue weighted by Crippen LogP contribution is -2.53. The number of hydrogen-bond donors (Lipinski definition) is 2. The number of aliphatic carboxylic acids is 1. The van der Waals surface area contributed by atoms with Crippen molar-refractivity contribution in [3.8, 4) is 5.75 Å². The van der Waals surface area contributed by atoms with E-state index in [1.807, 2.05) is 25.1 Å². The molecule has 2 aromatic carbocycles. The van der Waals surface area contributed by atoms with E-state index in [9.17, 15) is 19.8 Å². The quantitative estimate of drug-likeness (QED) is 0.762. The van der Waals surface area contributed by atoms with Gasteiger partial charge in [0.1, 0.15) is 11.4 Å². The monoisotopic (exact) mass is 410 g/mol. The fourth-order valence-corrected chi connectivity index (χ4v) is 4.77. The molecule has 6 nitrogen and oxygen atoms in total. The molecule has 2 aliphatic rings. The topological polar surface area (TPSA) is 93.1 Å². The Morgan fingerprint density at radius 1 is 1.13 bits per heavy atom. The van der Waals surface area contributed by atoms with Gasteiger partial charge in [0.25, 0.3) is 0 Å². The zero-order chi connectivity index (χ0) is 21.5. The highest BCUT2D eigenvalue weighted by molar-refractivity contribution is 5.88. The van der Waals surface area contributed by atoms with E-state index < -0.39 is 35.7 Å². The van der Waals surface area contributed by atoms with Crippen molar-refractivity contribution in [2.45, 2.75) is 50.9 Å². The smallest absolute Gasteiger partial charge is 0.335 e. The van der Waals surface area contributed by atoms with Crippen molar-refractivity contribution in [2.75, 3.05) is 0 Å². The van der Waals surface area contributed by atoms with Crippen molar-refractivity contribution in [3.63, 3.8) is 0 Å². The van der Waals surface area contributed by atoms with Gasteiger partial charge < -0.3 is 19.7 Å². The third-order valence-electron chi connectivity index (χ3n) is 6.56. The molecule has 4 rings (SSSR count). The van der Waals surface area contributed by atoms with E-state index >= 15 is 0 Å². The lowest BCUT2D eigenvalue weighted by Gasteiger charge is -2.51. The van der Waals surface area contributed by atoms with Gasteiger partial charge in [-0.3, -0.25) is 4.79 Å². The number of carbonyl (C=O) groups is 2. The van der Waals surface area contributed by atoms with Gasteiger partial charge in [-0.05, 0) is 56.9 Å². The first-order chi connectivity index (χ1) is 14.3. The third kappa shape index (κ3) is 3.67. The summed E-state index contributed by atoms with van der Waals surface area (Å²) in [5.41, 5.74) is 1.41. The van der Waals surface area contributed by atoms with Gasteiger partial charge in [0.05, 0.1) is 23.7 Å². The maximum atomic E-state index is 11.8. The summed E-state index contributed by atoms with van der Waals surface area (Å²) in [6.07, 6.45) is 1.03. The SMILES string of the molecule is C[C@@H]1O[C@@H]2c3cc(C(=O)O)ccc3O[C@](C)(CCc3ccccc3)[C@H]2C[C@@H]1C(=O)O. The van der Waals surface area contributed by atoms with Gasteiger partial charge in [-0.25, -0.2) is 4.79 Å². The normalized spacial score (nSPS) is 29.9. The Labute approximate surface area is 175 Å². The number of aryl methyl sites for hydroxylation is 1. The van der Waals surface area contributed by atoms with Crippen molar-refractivity contribution < 1.29 is 29.3 Å².